The summed E-state index contributed by atoms with van der Waals surface area (Å²) in [5.41, 5.74) is 8.52. The molecule has 0 spiro atoms. The van der Waals surface area contributed by atoms with Crippen molar-refractivity contribution in [3.63, 3.8) is 0 Å². The third kappa shape index (κ3) is 3.00. The van der Waals surface area contributed by atoms with E-state index in [1.165, 1.54) is 6.07 Å². The van der Waals surface area contributed by atoms with Crippen LogP contribution < -0.4 is 10.5 Å². The molecule has 0 aliphatic heterocycles. The number of nitrogen functional groups attached to an aromatic ring is 1. The number of nitrogens with zero attached hydrogens (tertiary/aromatic N) is 1. The average Bonchev–Trinajstić information content (AvgIpc) is 2.79. The number of nitrogens with one attached hydrogen (secondary N) is 1. The van der Waals surface area contributed by atoms with Crippen molar-refractivity contribution in [1.82, 2.24) is 9.88 Å². The number of aromatic nitrogens is 1. The Morgan fingerprint density at radius 2 is 1.95 bits per heavy atom. The fraction of sp³-hybridized carbons (Fsp3) is 0.308. The first-order chi connectivity index (χ1) is 9.29. The van der Waals surface area contributed by atoms with Gasteiger partial charge in [0.05, 0.1) is 17.1 Å². The van der Waals surface area contributed by atoms with Gasteiger partial charge in [0, 0.05) is 11.8 Å². The van der Waals surface area contributed by atoms with E-state index in [2.05, 4.69) is 9.88 Å². The van der Waals surface area contributed by atoms with Crippen LogP contribution in [0.3, 0.4) is 0 Å². The van der Waals surface area contributed by atoms with Gasteiger partial charge in [-0.25, -0.2) is 13.1 Å². The standard InChI is InChI=1S/C13H17N3O3S/c1-8-4-12(6-13(14)10(8)3)20(17,18)15-7-11-5-9(2)19-16-11/h4-6,15H,7,14H2,1-3H3. The molecule has 0 radical (unpaired) electrons. The van der Waals surface area contributed by atoms with Crippen LogP contribution in [0.15, 0.2) is 27.6 Å². The van der Waals surface area contributed by atoms with Crippen molar-refractivity contribution < 1.29 is 12.9 Å². The molecular formula is C13H17N3O3S. The molecule has 20 heavy (non-hydrogen) atoms. The van der Waals surface area contributed by atoms with E-state index in [1.807, 2.05) is 13.8 Å². The molecule has 2 aromatic rings. The average molecular weight is 295 g/mol. The van der Waals surface area contributed by atoms with E-state index in [1.54, 1.807) is 19.1 Å². The molecule has 1 aromatic heterocycles. The predicted octanol–water partition coefficient (Wildman–Crippen LogP) is 1.66. The zero-order valence-electron chi connectivity index (χ0n) is 11.6. The molecule has 1 heterocycles. The second-order valence-corrected chi connectivity index (χ2v) is 6.47. The van der Waals surface area contributed by atoms with Gasteiger partial charge in [-0.3, -0.25) is 0 Å². The minimum absolute atomic E-state index is 0.0759. The van der Waals surface area contributed by atoms with Crippen LogP contribution in [0, 0.1) is 20.8 Å². The van der Waals surface area contributed by atoms with E-state index < -0.39 is 10.0 Å². The fourth-order valence-electron chi connectivity index (χ4n) is 1.76. The first-order valence-corrected chi connectivity index (χ1v) is 7.56. The van der Waals surface area contributed by atoms with Crippen molar-refractivity contribution in [3.8, 4) is 0 Å². The predicted molar refractivity (Wildman–Crippen MR) is 75.6 cm³/mol. The highest BCUT2D eigenvalue weighted by atomic mass is 32.2. The van der Waals surface area contributed by atoms with Gasteiger partial charge in [-0.1, -0.05) is 5.16 Å². The van der Waals surface area contributed by atoms with Gasteiger partial charge in [0.25, 0.3) is 0 Å². The summed E-state index contributed by atoms with van der Waals surface area (Å²) in [6, 6.07) is 4.73. The third-order valence-corrected chi connectivity index (χ3v) is 4.49. The molecule has 3 N–H and O–H groups in total. The van der Waals surface area contributed by atoms with Crippen LogP contribution >= 0.6 is 0 Å². The summed E-state index contributed by atoms with van der Waals surface area (Å²) in [5.74, 6) is 0.634. The fourth-order valence-corrected chi connectivity index (χ4v) is 2.88. The molecule has 0 fully saturated rings. The van der Waals surface area contributed by atoms with E-state index in [0.717, 1.165) is 11.1 Å². The highest BCUT2D eigenvalue weighted by Gasteiger charge is 2.16. The molecule has 0 atom stereocenters. The summed E-state index contributed by atoms with van der Waals surface area (Å²) in [6.45, 7) is 5.50. The SMILES string of the molecule is Cc1cc(CNS(=O)(=O)c2cc(C)c(C)c(N)c2)no1. The summed E-state index contributed by atoms with van der Waals surface area (Å²) in [5, 5.41) is 3.74. The number of hydrogen-bond acceptors (Lipinski definition) is 5. The summed E-state index contributed by atoms with van der Waals surface area (Å²) in [7, 11) is -3.62. The van der Waals surface area contributed by atoms with Crippen LogP contribution in [0.25, 0.3) is 0 Å². The van der Waals surface area contributed by atoms with Gasteiger partial charge < -0.3 is 10.3 Å². The number of sulfonamides is 1. The van der Waals surface area contributed by atoms with Crippen LogP contribution in [0.5, 0.6) is 0 Å². The normalized spacial score (nSPS) is 11.8. The summed E-state index contributed by atoms with van der Waals surface area (Å²) in [6.07, 6.45) is 0. The van der Waals surface area contributed by atoms with Crippen LogP contribution in [-0.4, -0.2) is 13.6 Å². The van der Waals surface area contributed by atoms with E-state index in [9.17, 15) is 8.42 Å². The zero-order valence-corrected chi connectivity index (χ0v) is 12.4. The highest BCUT2D eigenvalue weighted by molar-refractivity contribution is 7.89. The van der Waals surface area contributed by atoms with Crippen molar-refractivity contribution >= 4 is 15.7 Å². The van der Waals surface area contributed by atoms with E-state index >= 15 is 0 Å². The lowest BCUT2D eigenvalue weighted by Gasteiger charge is -2.10. The maximum atomic E-state index is 12.2. The number of rotatable bonds is 4. The molecule has 6 nitrogen and oxygen atoms in total. The van der Waals surface area contributed by atoms with Gasteiger partial charge in [-0.2, -0.15) is 0 Å². The number of nitrogens with two attached hydrogens (primary N) is 1. The van der Waals surface area contributed by atoms with Gasteiger partial charge in [0.1, 0.15) is 5.76 Å². The van der Waals surface area contributed by atoms with Crippen molar-refractivity contribution in [2.75, 3.05) is 5.73 Å². The van der Waals surface area contributed by atoms with Gasteiger partial charge in [0.2, 0.25) is 10.0 Å². The van der Waals surface area contributed by atoms with E-state index in [-0.39, 0.29) is 11.4 Å². The summed E-state index contributed by atoms with van der Waals surface area (Å²) < 4.78 is 31.8. The Labute approximate surface area is 118 Å². The van der Waals surface area contributed by atoms with Gasteiger partial charge >= 0.3 is 0 Å². The number of anilines is 1. The van der Waals surface area contributed by atoms with Crippen LogP contribution in [-0.2, 0) is 16.6 Å². The zero-order chi connectivity index (χ0) is 14.9. The van der Waals surface area contributed by atoms with Crippen molar-refractivity contribution in [3.05, 3.63) is 40.8 Å². The first-order valence-electron chi connectivity index (χ1n) is 6.08. The topological polar surface area (TPSA) is 98.2 Å². The Hall–Kier alpha value is -1.86. The van der Waals surface area contributed by atoms with Crippen LogP contribution in [0.2, 0.25) is 0 Å². The van der Waals surface area contributed by atoms with Gasteiger partial charge in [-0.15, -0.1) is 0 Å². The molecule has 0 bridgehead atoms. The minimum Gasteiger partial charge on any atom is -0.398 e. The van der Waals surface area contributed by atoms with Crippen molar-refractivity contribution in [2.45, 2.75) is 32.2 Å². The lowest BCUT2D eigenvalue weighted by atomic mass is 10.1. The molecule has 0 aliphatic rings. The highest BCUT2D eigenvalue weighted by Crippen LogP contribution is 2.21. The second kappa shape index (κ2) is 5.26. The van der Waals surface area contributed by atoms with Gasteiger partial charge in [-0.05, 0) is 44.0 Å². The number of hydrogen-bond donors (Lipinski definition) is 2. The summed E-state index contributed by atoms with van der Waals surface area (Å²) in [4.78, 5) is 0.151. The quantitative estimate of drug-likeness (QED) is 0.836. The molecule has 7 heteroatoms. The Kier molecular flexibility index (Phi) is 3.82. The molecular weight excluding hydrogens is 278 g/mol. The smallest absolute Gasteiger partial charge is 0.241 e. The summed E-state index contributed by atoms with van der Waals surface area (Å²) >= 11 is 0. The molecule has 2 rings (SSSR count). The Morgan fingerprint density at radius 3 is 2.50 bits per heavy atom. The lowest BCUT2D eigenvalue weighted by molar-refractivity contribution is 0.390. The maximum Gasteiger partial charge on any atom is 0.241 e. The second-order valence-electron chi connectivity index (χ2n) is 4.71. The van der Waals surface area contributed by atoms with Gasteiger partial charge in [0.15, 0.2) is 0 Å². The molecule has 0 unspecified atom stereocenters. The molecule has 0 amide bonds. The Morgan fingerprint density at radius 1 is 1.25 bits per heavy atom. The lowest BCUT2D eigenvalue weighted by Crippen LogP contribution is -2.23. The third-order valence-electron chi connectivity index (χ3n) is 3.11. The van der Waals surface area contributed by atoms with Crippen molar-refractivity contribution in [2.24, 2.45) is 0 Å². The Balaban J connectivity index is 2.22. The Bertz CT molecular complexity index is 712. The molecule has 1 aromatic carbocycles. The van der Waals surface area contributed by atoms with Crippen molar-refractivity contribution in [1.29, 1.82) is 0 Å². The van der Waals surface area contributed by atoms with E-state index in [4.69, 9.17) is 10.3 Å². The molecule has 0 saturated carbocycles. The van der Waals surface area contributed by atoms with Crippen LogP contribution in [0.1, 0.15) is 22.6 Å². The van der Waals surface area contributed by atoms with Crippen LogP contribution in [0.4, 0.5) is 5.69 Å². The number of aryl methyl sites for hydroxylation is 2. The monoisotopic (exact) mass is 295 g/mol. The first kappa shape index (κ1) is 14.5. The molecule has 0 aliphatic carbocycles. The molecule has 108 valence electrons. The minimum atomic E-state index is -3.62. The van der Waals surface area contributed by atoms with E-state index in [0.29, 0.717) is 17.1 Å². The maximum absolute atomic E-state index is 12.2. The largest absolute Gasteiger partial charge is 0.398 e. The number of benzene rings is 1. The molecule has 0 saturated heterocycles.